The van der Waals surface area contributed by atoms with Gasteiger partial charge in [0, 0.05) is 80.5 Å². The van der Waals surface area contributed by atoms with Crippen LogP contribution in [0.4, 0.5) is 17.2 Å². The van der Waals surface area contributed by atoms with Crippen molar-refractivity contribution in [2.24, 2.45) is 7.05 Å². The highest BCUT2D eigenvalue weighted by Gasteiger charge is 2.29. The van der Waals surface area contributed by atoms with E-state index in [4.69, 9.17) is 4.79 Å². The summed E-state index contributed by atoms with van der Waals surface area (Å²) in [5.74, 6) is 1.57. The lowest BCUT2D eigenvalue weighted by Crippen LogP contribution is -2.44. The second-order valence-corrected chi connectivity index (χ2v) is 11.0. The Balaban J connectivity index is 0.000000172. The number of anilines is 3. The van der Waals surface area contributed by atoms with Crippen LogP contribution in [0.25, 0.3) is 10.9 Å². The first-order chi connectivity index (χ1) is 20.5. The second-order valence-electron chi connectivity index (χ2n) is 11.0. The summed E-state index contributed by atoms with van der Waals surface area (Å²) in [6.07, 6.45) is 12.3. The van der Waals surface area contributed by atoms with Crippen molar-refractivity contribution in [1.82, 2.24) is 19.8 Å². The molecule has 2 aromatic carbocycles. The van der Waals surface area contributed by atoms with Crippen molar-refractivity contribution >= 4 is 40.8 Å². The average Bonchev–Trinajstić information content (AvgIpc) is 3.40. The fourth-order valence-electron chi connectivity index (χ4n) is 5.59. The van der Waals surface area contributed by atoms with Gasteiger partial charge in [0.15, 0.2) is 0 Å². The molecule has 1 aliphatic heterocycles. The van der Waals surface area contributed by atoms with Gasteiger partial charge < -0.3 is 25.0 Å². The van der Waals surface area contributed by atoms with Gasteiger partial charge >= 0.3 is 0 Å². The van der Waals surface area contributed by atoms with Crippen LogP contribution in [-0.4, -0.2) is 67.4 Å². The van der Waals surface area contributed by atoms with E-state index in [2.05, 4.69) is 86.7 Å². The molecule has 0 spiro atoms. The number of nitrogens with zero attached hydrogens (tertiary/aromatic N) is 4. The van der Waals surface area contributed by atoms with Gasteiger partial charge in [-0.3, -0.25) is 9.59 Å². The molecule has 0 unspecified atom stereocenters. The Labute approximate surface area is 249 Å². The smallest absolute Gasteiger partial charge is 0.206 e. The second kappa shape index (κ2) is 15.2. The third kappa shape index (κ3) is 7.76. The number of rotatable bonds is 7. The summed E-state index contributed by atoms with van der Waals surface area (Å²) in [5.41, 5.74) is 5.71. The Morgan fingerprint density at radius 1 is 0.905 bits per heavy atom. The van der Waals surface area contributed by atoms with Crippen molar-refractivity contribution in [3.63, 3.8) is 0 Å². The predicted octanol–water partition coefficient (Wildman–Crippen LogP) is 5.98. The fourth-order valence-corrected chi connectivity index (χ4v) is 5.59. The molecule has 0 bridgehead atoms. The number of amides is 1. The standard InChI is InChI=1S/C16H18N4.C16H21NO.C2H5NO/c1-17-16-11-14(6-8-18-16)20(3)13-4-5-15-12(10-13)7-9-19(15)2;18-12-13-4-6-14(7-5-13)15-8-10-17(11-9-15)16-2-1-3-16;1-3-2-4/h4-11H,1-3H3,(H,17,18);4-7,12,15-16H,1-3,8-11H2;2H,1H3,(H,3,4). The van der Waals surface area contributed by atoms with E-state index < -0.39 is 0 Å². The summed E-state index contributed by atoms with van der Waals surface area (Å²) in [5, 5.41) is 6.57. The highest BCUT2D eigenvalue weighted by Crippen LogP contribution is 2.33. The van der Waals surface area contributed by atoms with E-state index >= 15 is 0 Å². The van der Waals surface area contributed by atoms with Gasteiger partial charge in [-0.15, -0.1) is 0 Å². The number of fused-ring (bicyclic) bond motifs is 1. The van der Waals surface area contributed by atoms with Crippen molar-refractivity contribution in [3.05, 3.63) is 84.2 Å². The first-order valence-electron chi connectivity index (χ1n) is 14.8. The van der Waals surface area contributed by atoms with Gasteiger partial charge in [-0.25, -0.2) is 4.98 Å². The summed E-state index contributed by atoms with van der Waals surface area (Å²) in [6, 6.07) is 21.7. The summed E-state index contributed by atoms with van der Waals surface area (Å²) in [7, 11) is 7.57. The van der Waals surface area contributed by atoms with Crippen LogP contribution in [0.5, 0.6) is 0 Å². The lowest BCUT2D eigenvalue weighted by Gasteiger charge is -2.41. The molecule has 6 rings (SSSR count). The zero-order chi connectivity index (χ0) is 29.9. The fraction of sp³-hybridized carbons (Fsp3) is 0.382. The first kappa shape index (κ1) is 30.8. The number of carbonyl (C=O) groups is 2. The van der Waals surface area contributed by atoms with Crippen LogP contribution in [0.1, 0.15) is 53.9 Å². The maximum absolute atomic E-state index is 10.6. The minimum atomic E-state index is 0.625. The molecule has 222 valence electrons. The molecule has 1 amide bonds. The number of carbonyl (C=O) groups excluding carboxylic acids is 2. The number of benzene rings is 2. The van der Waals surface area contributed by atoms with Crippen LogP contribution in [0.2, 0.25) is 0 Å². The Morgan fingerprint density at radius 3 is 2.19 bits per heavy atom. The van der Waals surface area contributed by atoms with Crippen molar-refractivity contribution in [2.45, 2.75) is 44.1 Å². The Morgan fingerprint density at radius 2 is 1.60 bits per heavy atom. The normalized spacial score (nSPS) is 15.3. The number of aryl methyl sites for hydroxylation is 1. The van der Waals surface area contributed by atoms with Gasteiger partial charge in [-0.05, 0) is 80.6 Å². The van der Waals surface area contributed by atoms with E-state index in [1.807, 2.05) is 37.5 Å². The monoisotopic (exact) mass is 568 g/mol. The summed E-state index contributed by atoms with van der Waals surface area (Å²) >= 11 is 0. The van der Waals surface area contributed by atoms with E-state index in [0.29, 0.717) is 12.3 Å². The number of aromatic nitrogens is 2. The minimum absolute atomic E-state index is 0.625. The Bertz CT molecular complexity index is 1420. The van der Waals surface area contributed by atoms with Gasteiger partial charge in [-0.1, -0.05) is 30.7 Å². The molecule has 2 N–H and O–H groups in total. The number of aldehydes is 1. The van der Waals surface area contributed by atoms with Gasteiger partial charge in [0.05, 0.1) is 0 Å². The van der Waals surface area contributed by atoms with E-state index in [9.17, 15) is 4.79 Å². The first-order valence-corrected chi connectivity index (χ1v) is 14.8. The molecule has 1 saturated heterocycles. The lowest BCUT2D eigenvalue weighted by atomic mass is 9.85. The molecule has 0 atom stereocenters. The van der Waals surface area contributed by atoms with E-state index in [0.717, 1.165) is 35.1 Å². The molecule has 3 heterocycles. The Kier molecular flexibility index (Phi) is 11.1. The predicted molar refractivity (Wildman–Crippen MR) is 173 cm³/mol. The lowest BCUT2D eigenvalue weighted by molar-refractivity contribution is -0.109. The highest BCUT2D eigenvalue weighted by atomic mass is 16.1. The van der Waals surface area contributed by atoms with E-state index in [1.165, 1.54) is 61.7 Å². The summed E-state index contributed by atoms with van der Waals surface area (Å²) < 4.78 is 2.13. The van der Waals surface area contributed by atoms with Gasteiger partial charge in [0.1, 0.15) is 12.1 Å². The molecule has 2 aromatic heterocycles. The third-order valence-electron chi connectivity index (χ3n) is 8.43. The van der Waals surface area contributed by atoms with Gasteiger partial charge in [-0.2, -0.15) is 0 Å². The molecular weight excluding hydrogens is 524 g/mol. The Hall–Kier alpha value is -4.17. The van der Waals surface area contributed by atoms with Crippen LogP contribution >= 0.6 is 0 Å². The zero-order valence-corrected chi connectivity index (χ0v) is 25.3. The van der Waals surface area contributed by atoms with Crippen LogP contribution < -0.4 is 15.5 Å². The quantitative estimate of drug-likeness (QED) is 0.267. The molecule has 4 aromatic rings. The largest absolute Gasteiger partial charge is 0.373 e. The summed E-state index contributed by atoms with van der Waals surface area (Å²) in [6.45, 7) is 2.51. The summed E-state index contributed by atoms with van der Waals surface area (Å²) in [4.78, 5) is 28.8. The molecule has 1 saturated carbocycles. The maximum atomic E-state index is 10.6. The molecular formula is C34H44N6O2. The molecule has 8 heteroatoms. The van der Waals surface area contributed by atoms with Crippen molar-refractivity contribution in [1.29, 1.82) is 0 Å². The molecule has 2 fully saturated rings. The van der Waals surface area contributed by atoms with Crippen molar-refractivity contribution < 1.29 is 9.59 Å². The highest BCUT2D eigenvalue weighted by molar-refractivity contribution is 5.85. The average molecular weight is 569 g/mol. The molecule has 8 nitrogen and oxygen atoms in total. The maximum Gasteiger partial charge on any atom is 0.206 e. The number of piperidine rings is 1. The topological polar surface area (TPSA) is 82.5 Å². The van der Waals surface area contributed by atoms with Gasteiger partial charge in [0.25, 0.3) is 0 Å². The third-order valence-corrected chi connectivity index (χ3v) is 8.43. The van der Waals surface area contributed by atoms with Gasteiger partial charge in [0.2, 0.25) is 6.41 Å². The molecule has 0 radical (unpaired) electrons. The number of likely N-dealkylation sites (tertiary alicyclic amines) is 1. The van der Waals surface area contributed by atoms with Crippen molar-refractivity contribution in [3.8, 4) is 0 Å². The van der Waals surface area contributed by atoms with Crippen LogP contribution in [-0.2, 0) is 11.8 Å². The molecule has 42 heavy (non-hydrogen) atoms. The molecule has 1 aliphatic carbocycles. The number of hydrogen-bond acceptors (Lipinski definition) is 6. The van der Waals surface area contributed by atoms with Crippen LogP contribution in [0, 0.1) is 0 Å². The number of pyridine rings is 1. The zero-order valence-electron chi connectivity index (χ0n) is 25.3. The SMILES string of the molecule is CNC=O.CNc1cc(N(C)c2ccc3c(ccn3C)c2)ccn1.O=Cc1ccc(C2CCN(C3CCC3)CC2)cc1. The van der Waals surface area contributed by atoms with E-state index in [1.54, 1.807) is 7.05 Å². The van der Waals surface area contributed by atoms with Crippen LogP contribution in [0.15, 0.2) is 73.1 Å². The van der Waals surface area contributed by atoms with Crippen LogP contribution in [0.3, 0.4) is 0 Å². The number of hydrogen-bond donors (Lipinski definition) is 2. The number of nitrogens with one attached hydrogen (secondary N) is 2. The van der Waals surface area contributed by atoms with E-state index in [-0.39, 0.29) is 0 Å². The molecule has 2 aliphatic rings. The minimum Gasteiger partial charge on any atom is -0.373 e. The van der Waals surface area contributed by atoms with Crippen molar-refractivity contribution in [2.75, 3.05) is 44.4 Å².